The van der Waals surface area contributed by atoms with Crippen molar-refractivity contribution in [3.8, 4) is 0 Å². The molecule has 1 aliphatic heterocycles. The van der Waals surface area contributed by atoms with Crippen molar-refractivity contribution >= 4 is 5.97 Å². The predicted molar refractivity (Wildman–Crippen MR) is 73.8 cm³/mol. The van der Waals surface area contributed by atoms with Crippen molar-refractivity contribution in [1.82, 2.24) is 0 Å². The summed E-state index contributed by atoms with van der Waals surface area (Å²) in [5, 5.41) is 10.4. The molecule has 0 aromatic heterocycles. The lowest BCUT2D eigenvalue weighted by Crippen LogP contribution is -2.50. The van der Waals surface area contributed by atoms with Gasteiger partial charge in [-0.3, -0.25) is 0 Å². The Morgan fingerprint density at radius 2 is 2.00 bits per heavy atom. The molecule has 4 heteroatoms. The molecule has 0 aromatic rings. The normalized spacial score (nSPS) is 43.0. The van der Waals surface area contributed by atoms with Crippen molar-refractivity contribution in [3.05, 3.63) is 11.1 Å². The second-order valence-electron chi connectivity index (χ2n) is 7.36. The zero-order valence-electron chi connectivity index (χ0n) is 12.7. The van der Waals surface area contributed by atoms with Crippen LogP contribution in [0.2, 0.25) is 0 Å². The van der Waals surface area contributed by atoms with Gasteiger partial charge in [-0.1, -0.05) is 27.2 Å². The fourth-order valence-corrected chi connectivity index (χ4v) is 4.88. The van der Waals surface area contributed by atoms with Crippen LogP contribution in [0.5, 0.6) is 0 Å². The number of carbonyl (C=O) groups is 1. The topological polar surface area (TPSA) is 55.8 Å². The number of aliphatic hydroxyl groups is 1. The number of cyclic esters (lactones) is 1. The summed E-state index contributed by atoms with van der Waals surface area (Å²) in [5.41, 5.74) is 1.43. The fraction of sp³-hybridized carbons (Fsp3) is 0.812. The van der Waals surface area contributed by atoms with Gasteiger partial charge in [-0.05, 0) is 36.0 Å². The van der Waals surface area contributed by atoms with Gasteiger partial charge in [0.05, 0.1) is 11.7 Å². The van der Waals surface area contributed by atoms with Gasteiger partial charge in [0.2, 0.25) is 6.29 Å². The predicted octanol–water partition coefficient (Wildman–Crippen LogP) is 2.41. The third kappa shape index (κ3) is 1.70. The van der Waals surface area contributed by atoms with E-state index in [0.29, 0.717) is 17.9 Å². The van der Waals surface area contributed by atoms with E-state index in [1.54, 1.807) is 7.11 Å². The number of hydrogen-bond donors (Lipinski definition) is 1. The Hall–Kier alpha value is -0.870. The third-order valence-corrected chi connectivity index (χ3v) is 5.81. The van der Waals surface area contributed by atoms with Crippen LogP contribution in [0.25, 0.3) is 0 Å². The number of carbonyl (C=O) groups excluding carboxylic acids is 1. The summed E-state index contributed by atoms with van der Waals surface area (Å²) in [5.74, 6) is -0.0490. The van der Waals surface area contributed by atoms with Gasteiger partial charge in [-0.25, -0.2) is 4.79 Å². The second kappa shape index (κ2) is 4.31. The monoisotopic (exact) mass is 280 g/mol. The van der Waals surface area contributed by atoms with E-state index < -0.39 is 18.4 Å². The van der Waals surface area contributed by atoms with E-state index >= 15 is 0 Å². The molecule has 1 heterocycles. The molecule has 2 aliphatic carbocycles. The summed E-state index contributed by atoms with van der Waals surface area (Å²) >= 11 is 0. The molecule has 1 saturated carbocycles. The van der Waals surface area contributed by atoms with Gasteiger partial charge in [0.1, 0.15) is 0 Å². The molecule has 3 aliphatic rings. The summed E-state index contributed by atoms with van der Waals surface area (Å²) in [7, 11) is 1.56. The van der Waals surface area contributed by atoms with Crippen molar-refractivity contribution in [2.75, 3.05) is 7.11 Å². The first kappa shape index (κ1) is 14.1. The molecular formula is C16H24O4. The quantitative estimate of drug-likeness (QED) is 0.749. The Bertz CT molecular complexity index is 479. The summed E-state index contributed by atoms with van der Waals surface area (Å²) in [6.45, 7) is 6.76. The summed E-state index contributed by atoms with van der Waals surface area (Å²) < 4.78 is 10.7. The van der Waals surface area contributed by atoms with E-state index in [2.05, 4.69) is 20.8 Å². The van der Waals surface area contributed by atoms with Crippen molar-refractivity contribution in [3.63, 3.8) is 0 Å². The molecule has 0 saturated heterocycles. The van der Waals surface area contributed by atoms with Crippen LogP contribution in [-0.4, -0.2) is 30.6 Å². The van der Waals surface area contributed by atoms with Crippen LogP contribution in [0.3, 0.4) is 0 Å². The van der Waals surface area contributed by atoms with Gasteiger partial charge >= 0.3 is 5.97 Å². The summed E-state index contributed by atoms with van der Waals surface area (Å²) in [6, 6.07) is 0. The highest BCUT2D eigenvalue weighted by Gasteiger charge is 2.58. The molecule has 0 spiro atoms. The van der Waals surface area contributed by atoms with Crippen LogP contribution in [-0.2, 0) is 14.3 Å². The molecule has 0 aromatic carbocycles. The Morgan fingerprint density at radius 3 is 2.65 bits per heavy atom. The molecule has 0 unspecified atom stereocenters. The maximum atomic E-state index is 12.0. The Balaban J connectivity index is 2.14. The highest BCUT2D eigenvalue weighted by atomic mass is 16.7. The lowest BCUT2D eigenvalue weighted by molar-refractivity contribution is -0.158. The van der Waals surface area contributed by atoms with E-state index in [4.69, 9.17) is 9.47 Å². The van der Waals surface area contributed by atoms with E-state index in [0.717, 1.165) is 24.8 Å². The van der Waals surface area contributed by atoms with E-state index in [9.17, 15) is 9.90 Å². The first-order valence-electron chi connectivity index (χ1n) is 7.47. The molecule has 112 valence electrons. The Kier molecular flexibility index (Phi) is 3.04. The number of aliphatic hydroxyl groups excluding tert-OH is 1. The van der Waals surface area contributed by atoms with Gasteiger partial charge in [-0.2, -0.15) is 0 Å². The van der Waals surface area contributed by atoms with Crippen LogP contribution in [0.4, 0.5) is 0 Å². The first-order valence-corrected chi connectivity index (χ1v) is 7.47. The zero-order chi connectivity index (χ0) is 14.7. The second-order valence-corrected chi connectivity index (χ2v) is 7.36. The van der Waals surface area contributed by atoms with Gasteiger partial charge in [0.25, 0.3) is 0 Å². The molecular weight excluding hydrogens is 256 g/mol. The fourth-order valence-electron chi connectivity index (χ4n) is 4.88. The molecule has 0 bridgehead atoms. The number of ether oxygens (including phenoxy) is 2. The zero-order valence-corrected chi connectivity index (χ0v) is 12.7. The standard InChI is InChI=1S/C16H24O4/c1-15(2)6-5-7-16(3)10(15)8-9(17)11-12(16)14(19-4)20-13(11)18/h9-10,14,17H,5-8H2,1-4H3/t9-,10+,14+,16+/m0/s1. The van der Waals surface area contributed by atoms with E-state index in [1.165, 1.54) is 0 Å². The smallest absolute Gasteiger partial charge is 0.339 e. The minimum Gasteiger partial charge on any atom is -0.428 e. The highest BCUT2D eigenvalue weighted by molar-refractivity contribution is 5.94. The molecule has 1 N–H and O–H groups in total. The first-order chi connectivity index (χ1) is 9.31. The maximum absolute atomic E-state index is 12.0. The Morgan fingerprint density at radius 1 is 1.30 bits per heavy atom. The van der Waals surface area contributed by atoms with Crippen LogP contribution in [0, 0.1) is 16.7 Å². The summed E-state index contributed by atoms with van der Waals surface area (Å²) in [6.07, 6.45) is 2.64. The SMILES string of the molecule is CO[C@@H]1OC(=O)C2=C1[C@]1(C)CCCC(C)(C)[C@H]1C[C@@H]2O. The molecule has 3 rings (SSSR count). The van der Waals surface area contributed by atoms with Crippen LogP contribution in [0.15, 0.2) is 11.1 Å². The van der Waals surface area contributed by atoms with Crippen LogP contribution < -0.4 is 0 Å². The van der Waals surface area contributed by atoms with Gasteiger partial charge in [-0.15, -0.1) is 0 Å². The highest BCUT2D eigenvalue weighted by Crippen LogP contribution is 2.61. The molecule has 4 nitrogen and oxygen atoms in total. The molecule has 1 fully saturated rings. The number of methoxy groups -OCH3 is 1. The van der Waals surface area contributed by atoms with Crippen molar-refractivity contribution in [2.24, 2.45) is 16.7 Å². The van der Waals surface area contributed by atoms with E-state index in [1.807, 2.05) is 0 Å². The minimum absolute atomic E-state index is 0.108. The number of esters is 1. The average Bonchev–Trinajstić information content (AvgIpc) is 2.71. The van der Waals surface area contributed by atoms with Crippen molar-refractivity contribution < 1.29 is 19.4 Å². The van der Waals surface area contributed by atoms with Crippen molar-refractivity contribution in [1.29, 1.82) is 0 Å². The van der Waals surface area contributed by atoms with E-state index in [-0.39, 0.29) is 10.8 Å². The van der Waals surface area contributed by atoms with Crippen molar-refractivity contribution in [2.45, 2.75) is 58.8 Å². The van der Waals surface area contributed by atoms with Gasteiger partial charge < -0.3 is 14.6 Å². The third-order valence-electron chi connectivity index (χ3n) is 5.81. The van der Waals surface area contributed by atoms with Crippen LogP contribution in [0.1, 0.15) is 46.5 Å². The molecule has 20 heavy (non-hydrogen) atoms. The molecule has 0 radical (unpaired) electrons. The average molecular weight is 280 g/mol. The number of rotatable bonds is 1. The maximum Gasteiger partial charge on any atom is 0.339 e. The minimum atomic E-state index is -0.715. The largest absolute Gasteiger partial charge is 0.428 e. The number of hydrogen-bond acceptors (Lipinski definition) is 4. The van der Waals surface area contributed by atoms with Gasteiger partial charge in [0.15, 0.2) is 0 Å². The lowest BCUT2D eigenvalue weighted by atomic mass is 9.50. The Labute approximate surface area is 120 Å². The van der Waals surface area contributed by atoms with Gasteiger partial charge in [0, 0.05) is 12.7 Å². The lowest BCUT2D eigenvalue weighted by Gasteiger charge is -2.54. The summed E-state index contributed by atoms with van der Waals surface area (Å²) in [4.78, 5) is 12.0. The molecule has 0 amide bonds. The number of fused-ring (bicyclic) bond motifs is 2. The van der Waals surface area contributed by atoms with Crippen LogP contribution >= 0.6 is 0 Å². The molecule has 4 atom stereocenters.